The van der Waals surface area contributed by atoms with Gasteiger partial charge in [0.05, 0.1) is 19.6 Å². The lowest BCUT2D eigenvalue weighted by Crippen LogP contribution is -2.40. The number of nitrogens with two attached hydrogens (primary N) is 1. The molecule has 0 aliphatic rings. The third-order valence-corrected chi connectivity index (χ3v) is 1.69. The molecule has 0 aliphatic carbocycles. The van der Waals surface area contributed by atoms with E-state index in [1.54, 1.807) is 20.8 Å². The van der Waals surface area contributed by atoms with Crippen LogP contribution in [-0.4, -0.2) is 24.9 Å². The summed E-state index contributed by atoms with van der Waals surface area (Å²) in [6.45, 7) is 5.31. The van der Waals surface area contributed by atoms with Crippen LogP contribution in [0.4, 0.5) is 0 Å². The Morgan fingerprint density at radius 2 is 1.85 bits per heavy atom. The zero-order chi connectivity index (χ0) is 10.6. The molecule has 1 unspecified atom stereocenters. The fraction of sp³-hybridized carbons (Fsp3) is 0.778. The van der Waals surface area contributed by atoms with Crippen molar-refractivity contribution in [3.63, 3.8) is 0 Å². The maximum atomic E-state index is 11.5. The van der Waals surface area contributed by atoms with Gasteiger partial charge in [-0.25, -0.2) is 0 Å². The summed E-state index contributed by atoms with van der Waals surface area (Å²) in [7, 11) is 1.27. The number of carbonyl (C=O) groups is 2. The Kier molecular flexibility index (Phi) is 4.07. The molecule has 4 heteroatoms. The normalized spacial score (nSPS) is 13.6. The van der Waals surface area contributed by atoms with Crippen LogP contribution >= 0.6 is 0 Å². The molecular weight excluding hydrogens is 170 g/mol. The van der Waals surface area contributed by atoms with Crippen molar-refractivity contribution in [2.24, 2.45) is 11.1 Å². The van der Waals surface area contributed by atoms with E-state index in [0.29, 0.717) is 0 Å². The molecule has 1 atom stereocenters. The van der Waals surface area contributed by atoms with Crippen LogP contribution in [0.2, 0.25) is 0 Å². The third-order valence-electron chi connectivity index (χ3n) is 1.69. The van der Waals surface area contributed by atoms with Gasteiger partial charge in [0.2, 0.25) is 0 Å². The number of hydrogen-bond acceptors (Lipinski definition) is 4. The van der Waals surface area contributed by atoms with Crippen LogP contribution in [0.25, 0.3) is 0 Å². The standard InChI is InChI=1S/C9H17NO3/c1-9(2,3)8(12)6(10)5-7(11)13-4/h6H,5,10H2,1-4H3. The van der Waals surface area contributed by atoms with E-state index in [1.807, 2.05) is 0 Å². The average molecular weight is 187 g/mol. The number of rotatable bonds is 3. The van der Waals surface area contributed by atoms with Crippen LogP contribution in [0, 0.1) is 5.41 Å². The lowest BCUT2D eigenvalue weighted by molar-refractivity contribution is -0.143. The lowest BCUT2D eigenvalue weighted by atomic mass is 9.86. The predicted octanol–water partition coefficient (Wildman–Crippen LogP) is 0.492. The molecule has 0 rings (SSSR count). The monoisotopic (exact) mass is 187 g/mol. The van der Waals surface area contributed by atoms with E-state index in [0.717, 1.165) is 0 Å². The molecule has 0 aromatic carbocycles. The number of ether oxygens (including phenoxy) is 1. The van der Waals surface area contributed by atoms with Gasteiger partial charge in [0.25, 0.3) is 0 Å². The van der Waals surface area contributed by atoms with Crippen molar-refractivity contribution in [2.45, 2.75) is 33.2 Å². The fourth-order valence-electron chi connectivity index (χ4n) is 0.912. The van der Waals surface area contributed by atoms with Crippen molar-refractivity contribution in [1.29, 1.82) is 0 Å². The molecule has 4 nitrogen and oxygen atoms in total. The maximum Gasteiger partial charge on any atom is 0.307 e. The summed E-state index contributed by atoms with van der Waals surface area (Å²) in [5.41, 5.74) is 5.02. The first-order chi connectivity index (χ1) is 5.79. The summed E-state index contributed by atoms with van der Waals surface area (Å²) in [6.07, 6.45) is -0.0490. The first-order valence-corrected chi connectivity index (χ1v) is 4.15. The molecule has 0 spiro atoms. The Balaban J connectivity index is 4.20. The molecule has 0 aromatic rings. The van der Waals surface area contributed by atoms with E-state index in [-0.39, 0.29) is 12.2 Å². The second kappa shape index (κ2) is 4.37. The van der Waals surface area contributed by atoms with E-state index in [2.05, 4.69) is 4.74 Å². The number of ketones is 1. The number of carbonyl (C=O) groups excluding carboxylic acids is 2. The molecule has 0 aromatic heterocycles. The molecule has 76 valence electrons. The van der Waals surface area contributed by atoms with E-state index in [1.165, 1.54) is 7.11 Å². The SMILES string of the molecule is COC(=O)CC(N)C(=O)C(C)(C)C. The van der Waals surface area contributed by atoms with E-state index < -0.39 is 17.4 Å². The minimum atomic E-state index is -0.757. The van der Waals surface area contributed by atoms with E-state index in [4.69, 9.17) is 5.73 Å². The molecule has 13 heavy (non-hydrogen) atoms. The Morgan fingerprint density at radius 3 is 2.15 bits per heavy atom. The van der Waals surface area contributed by atoms with Crippen LogP contribution in [0.3, 0.4) is 0 Å². The van der Waals surface area contributed by atoms with Gasteiger partial charge in [0.15, 0.2) is 5.78 Å². The number of Topliss-reactive ketones (excluding diaryl/α,β-unsaturated/α-hetero) is 1. The molecule has 0 heterocycles. The van der Waals surface area contributed by atoms with Crippen molar-refractivity contribution in [2.75, 3.05) is 7.11 Å². The second-order valence-corrected chi connectivity index (χ2v) is 4.00. The largest absolute Gasteiger partial charge is 0.469 e. The average Bonchev–Trinajstić information content (AvgIpc) is 2.01. The third kappa shape index (κ3) is 4.03. The highest BCUT2D eigenvalue weighted by Crippen LogP contribution is 2.17. The zero-order valence-corrected chi connectivity index (χ0v) is 8.59. The molecular formula is C9H17NO3. The topological polar surface area (TPSA) is 69.4 Å². The van der Waals surface area contributed by atoms with Gasteiger partial charge in [-0.05, 0) is 0 Å². The van der Waals surface area contributed by atoms with Crippen molar-refractivity contribution < 1.29 is 14.3 Å². The van der Waals surface area contributed by atoms with E-state index in [9.17, 15) is 9.59 Å². The second-order valence-electron chi connectivity index (χ2n) is 4.00. The van der Waals surface area contributed by atoms with Crippen molar-refractivity contribution >= 4 is 11.8 Å². The highest BCUT2D eigenvalue weighted by Gasteiger charge is 2.28. The Hall–Kier alpha value is -0.900. The number of methoxy groups -OCH3 is 1. The summed E-state index contributed by atoms with van der Waals surface area (Å²) in [5.74, 6) is -0.581. The van der Waals surface area contributed by atoms with Gasteiger partial charge in [-0.1, -0.05) is 20.8 Å². The first kappa shape index (κ1) is 12.1. The van der Waals surface area contributed by atoms with Crippen molar-refractivity contribution in [3.05, 3.63) is 0 Å². The highest BCUT2D eigenvalue weighted by atomic mass is 16.5. The maximum absolute atomic E-state index is 11.5. The van der Waals surface area contributed by atoms with Crippen molar-refractivity contribution in [1.82, 2.24) is 0 Å². The minimum absolute atomic E-state index is 0.0490. The van der Waals surface area contributed by atoms with Crippen LogP contribution in [-0.2, 0) is 14.3 Å². The summed E-state index contributed by atoms with van der Waals surface area (Å²) < 4.78 is 4.41. The molecule has 0 fully saturated rings. The van der Waals surface area contributed by atoms with Gasteiger partial charge < -0.3 is 10.5 Å². The number of hydrogen-bond donors (Lipinski definition) is 1. The zero-order valence-electron chi connectivity index (χ0n) is 8.59. The Bertz CT molecular complexity index is 205. The van der Waals surface area contributed by atoms with Crippen molar-refractivity contribution in [3.8, 4) is 0 Å². The molecule has 0 radical (unpaired) electrons. The first-order valence-electron chi connectivity index (χ1n) is 4.15. The number of esters is 1. The minimum Gasteiger partial charge on any atom is -0.469 e. The van der Waals surface area contributed by atoms with Crippen LogP contribution < -0.4 is 5.73 Å². The van der Waals surface area contributed by atoms with Crippen LogP contribution in [0.1, 0.15) is 27.2 Å². The van der Waals surface area contributed by atoms with Gasteiger partial charge in [0, 0.05) is 5.41 Å². The van der Waals surface area contributed by atoms with Crippen LogP contribution in [0.5, 0.6) is 0 Å². The molecule has 0 bridgehead atoms. The smallest absolute Gasteiger partial charge is 0.307 e. The molecule has 2 N–H and O–H groups in total. The van der Waals surface area contributed by atoms with E-state index >= 15 is 0 Å². The predicted molar refractivity (Wildman–Crippen MR) is 49.1 cm³/mol. The molecule has 0 aliphatic heterocycles. The Labute approximate surface area is 78.4 Å². The molecule has 0 saturated heterocycles. The van der Waals surface area contributed by atoms with Gasteiger partial charge in [-0.2, -0.15) is 0 Å². The van der Waals surface area contributed by atoms with Gasteiger partial charge in [-0.15, -0.1) is 0 Å². The molecule has 0 amide bonds. The quantitative estimate of drug-likeness (QED) is 0.653. The molecule has 0 saturated carbocycles. The summed E-state index contributed by atoms with van der Waals surface area (Å²) in [5, 5.41) is 0. The Morgan fingerprint density at radius 1 is 1.38 bits per heavy atom. The van der Waals surface area contributed by atoms with Gasteiger partial charge >= 0.3 is 5.97 Å². The summed E-state index contributed by atoms with van der Waals surface area (Å²) in [6, 6.07) is -0.757. The summed E-state index contributed by atoms with van der Waals surface area (Å²) >= 11 is 0. The highest BCUT2D eigenvalue weighted by molar-refractivity contribution is 5.91. The van der Waals surface area contributed by atoms with Crippen LogP contribution in [0.15, 0.2) is 0 Å². The fourth-order valence-corrected chi connectivity index (χ4v) is 0.912. The summed E-state index contributed by atoms with van der Waals surface area (Å²) in [4.78, 5) is 22.3. The van der Waals surface area contributed by atoms with Gasteiger partial charge in [-0.3, -0.25) is 9.59 Å². The lowest BCUT2D eigenvalue weighted by Gasteiger charge is -2.20. The van der Waals surface area contributed by atoms with Gasteiger partial charge in [0.1, 0.15) is 0 Å².